The first-order valence-corrected chi connectivity index (χ1v) is 6.95. The second kappa shape index (κ2) is 4.94. The van der Waals surface area contributed by atoms with E-state index >= 15 is 0 Å². The first kappa shape index (κ1) is 11.5. The van der Waals surface area contributed by atoms with E-state index in [1.807, 2.05) is 0 Å². The first-order valence-electron chi connectivity index (χ1n) is 6.95. The van der Waals surface area contributed by atoms with Gasteiger partial charge in [-0.25, -0.2) is 0 Å². The molecule has 17 heavy (non-hydrogen) atoms. The van der Waals surface area contributed by atoms with Crippen molar-refractivity contribution >= 4 is 5.91 Å². The van der Waals surface area contributed by atoms with Crippen molar-refractivity contribution in [2.75, 3.05) is 32.8 Å². The van der Waals surface area contributed by atoms with E-state index in [1.54, 1.807) is 0 Å². The zero-order valence-electron chi connectivity index (χ0n) is 10.4. The summed E-state index contributed by atoms with van der Waals surface area (Å²) in [6.45, 7) is 4.12. The molecule has 0 aromatic carbocycles. The molecule has 2 heterocycles. The molecule has 2 saturated heterocycles. The molecule has 2 aliphatic heterocycles. The Hall–Kier alpha value is -0.610. The molecule has 96 valence electrons. The van der Waals surface area contributed by atoms with Crippen LogP contribution in [0.3, 0.4) is 0 Å². The van der Waals surface area contributed by atoms with E-state index in [4.69, 9.17) is 4.74 Å². The van der Waals surface area contributed by atoms with Crippen LogP contribution in [-0.4, -0.2) is 49.7 Å². The van der Waals surface area contributed by atoms with Crippen LogP contribution in [0.5, 0.6) is 0 Å². The molecule has 2 atom stereocenters. The van der Waals surface area contributed by atoms with E-state index in [2.05, 4.69) is 10.2 Å². The fraction of sp³-hybridized carbons (Fsp3) is 0.923. The first-order chi connectivity index (χ1) is 8.36. The van der Waals surface area contributed by atoms with Crippen molar-refractivity contribution in [1.29, 1.82) is 0 Å². The van der Waals surface area contributed by atoms with Crippen molar-refractivity contribution in [3.8, 4) is 0 Å². The van der Waals surface area contributed by atoms with Crippen LogP contribution in [0.15, 0.2) is 0 Å². The number of nitrogens with zero attached hydrogens (tertiary/aromatic N) is 1. The molecule has 1 saturated carbocycles. The Bertz CT molecular complexity index is 291. The van der Waals surface area contributed by atoms with Gasteiger partial charge in [-0.05, 0) is 12.8 Å². The maximum absolute atomic E-state index is 12.4. The molecule has 0 spiro atoms. The molecule has 0 unspecified atom stereocenters. The van der Waals surface area contributed by atoms with Gasteiger partial charge in [0, 0.05) is 31.6 Å². The van der Waals surface area contributed by atoms with Gasteiger partial charge < -0.3 is 15.0 Å². The molecular formula is C13H22N2O2. The average molecular weight is 238 g/mol. The minimum absolute atomic E-state index is 0.232. The lowest BCUT2D eigenvalue weighted by Crippen LogP contribution is -2.56. The zero-order chi connectivity index (χ0) is 11.7. The lowest BCUT2D eigenvalue weighted by Gasteiger charge is -2.40. The van der Waals surface area contributed by atoms with Crippen molar-refractivity contribution in [1.82, 2.24) is 10.2 Å². The molecular weight excluding hydrogens is 216 g/mol. The highest BCUT2D eigenvalue weighted by Crippen LogP contribution is 2.31. The van der Waals surface area contributed by atoms with Crippen LogP contribution in [0.4, 0.5) is 0 Å². The van der Waals surface area contributed by atoms with Crippen LogP contribution in [0.2, 0.25) is 0 Å². The largest absolute Gasteiger partial charge is 0.379 e. The van der Waals surface area contributed by atoms with Gasteiger partial charge in [-0.15, -0.1) is 0 Å². The predicted octanol–water partition coefficient (Wildman–Crippen LogP) is 0.623. The molecule has 3 rings (SSSR count). The van der Waals surface area contributed by atoms with Gasteiger partial charge in [-0.3, -0.25) is 4.79 Å². The molecule has 1 aliphatic carbocycles. The van der Waals surface area contributed by atoms with Gasteiger partial charge in [0.15, 0.2) is 0 Å². The molecule has 4 heteroatoms. The highest BCUT2D eigenvalue weighted by molar-refractivity contribution is 5.80. The number of nitrogens with one attached hydrogen (secondary N) is 1. The number of fused-ring (bicyclic) bond motifs is 1. The maximum atomic E-state index is 12.4. The molecule has 3 aliphatic rings. The molecule has 1 N–H and O–H groups in total. The summed E-state index contributed by atoms with van der Waals surface area (Å²) in [4.78, 5) is 14.6. The lowest BCUT2D eigenvalue weighted by atomic mass is 9.83. The third-order valence-electron chi connectivity index (χ3n) is 4.49. The van der Waals surface area contributed by atoms with Gasteiger partial charge in [-0.2, -0.15) is 0 Å². The second-order valence-corrected chi connectivity index (χ2v) is 5.57. The number of amides is 1. The third-order valence-corrected chi connectivity index (χ3v) is 4.49. The topological polar surface area (TPSA) is 41.6 Å². The monoisotopic (exact) mass is 238 g/mol. The van der Waals surface area contributed by atoms with Crippen molar-refractivity contribution < 1.29 is 9.53 Å². The van der Waals surface area contributed by atoms with Gasteiger partial charge >= 0.3 is 0 Å². The number of carbonyl (C=O) groups is 1. The van der Waals surface area contributed by atoms with Crippen LogP contribution < -0.4 is 5.32 Å². The smallest absolute Gasteiger partial charge is 0.228 e. The maximum Gasteiger partial charge on any atom is 0.228 e. The summed E-state index contributed by atoms with van der Waals surface area (Å²) in [5, 5.41) is 3.19. The Balaban J connectivity index is 1.72. The number of hydrogen-bond acceptors (Lipinski definition) is 3. The van der Waals surface area contributed by atoms with Crippen LogP contribution in [0.1, 0.15) is 25.7 Å². The minimum atomic E-state index is 0.232. The Morgan fingerprint density at radius 3 is 2.82 bits per heavy atom. The highest BCUT2D eigenvalue weighted by atomic mass is 16.5. The SMILES string of the molecule is O=C(C1CNC1)N1CCOC[C@@H]2CCCC[C@H]21. The molecule has 0 bridgehead atoms. The Morgan fingerprint density at radius 2 is 2.06 bits per heavy atom. The van der Waals surface area contributed by atoms with E-state index in [0.717, 1.165) is 32.8 Å². The quantitative estimate of drug-likeness (QED) is 0.728. The molecule has 1 amide bonds. The summed E-state index contributed by atoms with van der Waals surface area (Å²) in [6, 6.07) is 0.458. The van der Waals surface area contributed by atoms with Gasteiger partial charge in [-0.1, -0.05) is 12.8 Å². The number of hydrogen-bond donors (Lipinski definition) is 1. The van der Waals surface area contributed by atoms with Gasteiger partial charge in [0.2, 0.25) is 5.91 Å². The Morgan fingerprint density at radius 1 is 1.24 bits per heavy atom. The average Bonchev–Trinajstić information content (AvgIpc) is 2.48. The number of rotatable bonds is 1. The highest BCUT2D eigenvalue weighted by Gasteiger charge is 2.38. The number of ether oxygens (including phenoxy) is 1. The van der Waals surface area contributed by atoms with E-state index < -0.39 is 0 Å². The summed E-state index contributed by atoms with van der Waals surface area (Å²) in [7, 11) is 0. The molecule has 3 fully saturated rings. The summed E-state index contributed by atoms with van der Waals surface area (Å²) < 4.78 is 5.67. The van der Waals surface area contributed by atoms with Gasteiger partial charge in [0.05, 0.1) is 19.1 Å². The summed E-state index contributed by atoms with van der Waals surface area (Å²) >= 11 is 0. The zero-order valence-corrected chi connectivity index (χ0v) is 10.4. The second-order valence-electron chi connectivity index (χ2n) is 5.57. The number of carbonyl (C=O) groups excluding carboxylic acids is 1. The van der Waals surface area contributed by atoms with Crippen molar-refractivity contribution in [3.63, 3.8) is 0 Å². The van der Waals surface area contributed by atoms with Crippen molar-refractivity contribution in [3.05, 3.63) is 0 Å². The fourth-order valence-electron chi connectivity index (χ4n) is 3.33. The van der Waals surface area contributed by atoms with Gasteiger partial charge in [0.25, 0.3) is 0 Å². The lowest BCUT2D eigenvalue weighted by molar-refractivity contribution is -0.140. The molecule has 0 aromatic heterocycles. The van der Waals surface area contributed by atoms with Crippen LogP contribution in [0.25, 0.3) is 0 Å². The normalized spacial score (nSPS) is 34.7. The molecule has 0 radical (unpaired) electrons. The predicted molar refractivity (Wildman–Crippen MR) is 64.6 cm³/mol. The molecule has 0 aromatic rings. The van der Waals surface area contributed by atoms with Crippen molar-refractivity contribution in [2.45, 2.75) is 31.7 Å². The Labute approximate surface area is 103 Å². The summed E-state index contributed by atoms with van der Waals surface area (Å²) in [5.41, 5.74) is 0. The van der Waals surface area contributed by atoms with Crippen molar-refractivity contribution in [2.24, 2.45) is 11.8 Å². The van der Waals surface area contributed by atoms with E-state index in [-0.39, 0.29) is 5.92 Å². The summed E-state index contributed by atoms with van der Waals surface area (Å²) in [5.74, 6) is 1.19. The van der Waals surface area contributed by atoms with Crippen LogP contribution in [-0.2, 0) is 9.53 Å². The van der Waals surface area contributed by atoms with Crippen LogP contribution >= 0.6 is 0 Å². The minimum Gasteiger partial charge on any atom is -0.379 e. The third kappa shape index (κ3) is 2.20. The van der Waals surface area contributed by atoms with E-state index in [1.165, 1.54) is 25.7 Å². The van der Waals surface area contributed by atoms with Gasteiger partial charge in [0.1, 0.15) is 0 Å². The molecule has 4 nitrogen and oxygen atoms in total. The summed E-state index contributed by atoms with van der Waals surface area (Å²) in [6.07, 6.45) is 4.99. The van der Waals surface area contributed by atoms with E-state index in [9.17, 15) is 4.79 Å². The fourth-order valence-corrected chi connectivity index (χ4v) is 3.33. The standard InChI is InChI=1S/C13H22N2O2/c16-13(11-7-14-8-11)15-5-6-17-9-10-3-1-2-4-12(10)15/h10-12,14H,1-9H2/t10-,12+/m0/s1. The van der Waals surface area contributed by atoms with E-state index in [0.29, 0.717) is 17.9 Å². The van der Waals surface area contributed by atoms with Crippen LogP contribution in [0, 0.1) is 11.8 Å². The Kier molecular flexibility index (Phi) is 3.34.